The molecule has 0 amide bonds. The van der Waals surface area contributed by atoms with Gasteiger partial charge in [-0.05, 0) is 25.6 Å². The van der Waals surface area contributed by atoms with Gasteiger partial charge in [0.15, 0.2) is 17.3 Å². The van der Waals surface area contributed by atoms with Crippen LogP contribution >= 0.6 is 0 Å². The Morgan fingerprint density at radius 1 is 1.62 bits per heavy atom. The monoisotopic (exact) mass is 227 g/mol. The minimum absolute atomic E-state index is 0.0833. The van der Waals surface area contributed by atoms with Crippen LogP contribution in [-0.2, 0) is 0 Å². The fraction of sp³-hybridized carbons (Fsp3) is 0.364. The van der Waals surface area contributed by atoms with E-state index in [1.54, 1.807) is 7.05 Å². The molecule has 1 rings (SSSR count). The molecule has 2 N–H and O–H groups in total. The highest BCUT2D eigenvalue weighted by atomic mass is 19.1. The minimum Gasteiger partial charge on any atom is -0.505 e. The second-order valence-corrected chi connectivity index (χ2v) is 3.39. The highest BCUT2D eigenvalue weighted by Crippen LogP contribution is 2.32. The van der Waals surface area contributed by atoms with E-state index in [1.165, 1.54) is 20.1 Å². The first-order valence-electron chi connectivity index (χ1n) is 4.76. The number of likely N-dealkylation sites (N-methyl/N-ethyl adjacent to an activating group) is 1. The number of carbonyl (C=O) groups excluding carboxylic acids is 1. The molecule has 1 aromatic carbocycles. The van der Waals surface area contributed by atoms with Crippen molar-refractivity contribution in [2.45, 2.75) is 6.92 Å². The topological polar surface area (TPSA) is 58.6 Å². The van der Waals surface area contributed by atoms with Crippen LogP contribution in [0.1, 0.15) is 15.9 Å². The molecule has 0 saturated heterocycles. The highest BCUT2D eigenvalue weighted by molar-refractivity contribution is 6.00. The van der Waals surface area contributed by atoms with Crippen LogP contribution in [0.5, 0.6) is 11.5 Å². The van der Waals surface area contributed by atoms with Crippen molar-refractivity contribution in [3.8, 4) is 11.5 Å². The lowest BCUT2D eigenvalue weighted by Gasteiger charge is -2.11. The van der Waals surface area contributed by atoms with E-state index >= 15 is 0 Å². The summed E-state index contributed by atoms with van der Waals surface area (Å²) < 4.78 is 18.4. The SMILES string of the molecule is CNCC(=O)c1cc(C)c(O)c(F)c1OC. The molecule has 0 unspecified atom stereocenters. The zero-order valence-electron chi connectivity index (χ0n) is 9.43. The Bertz CT molecular complexity index is 418. The first-order chi connectivity index (χ1) is 7.52. The fourth-order valence-electron chi connectivity index (χ4n) is 1.41. The van der Waals surface area contributed by atoms with Gasteiger partial charge in [-0.25, -0.2) is 0 Å². The molecule has 0 heterocycles. The molecule has 0 aliphatic rings. The van der Waals surface area contributed by atoms with Gasteiger partial charge in [-0.15, -0.1) is 0 Å². The second kappa shape index (κ2) is 4.94. The van der Waals surface area contributed by atoms with E-state index in [9.17, 15) is 14.3 Å². The number of aryl methyl sites for hydroxylation is 1. The van der Waals surface area contributed by atoms with Crippen molar-refractivity contribution in [1.29, 1.82) is 0 Å². The third kappa shape index (κ3) is 2.14. The summed E-state index contributed by atoms with van der Waals surface area (Å²) in [7, 11) is 2.87. The molecule has 0 aliphatic heterocycles. The first-order valence-corrected chi connectivity index (χ1v) is 4.76. The number of hydrogen-bond acceptors (Lipinski definition) is 4. The summed E-state index contributed by atoms with van der Waals surface area (Å²) in [6.45, 7) is 1.61. The van der Waals surface area contributed by atoms with Gasteiger partial charge in [-0.3, -0.25) is 4.79 Å². The lowest BCUT2D eigenvalue weighted by molar-refractivity contribution is 0.0989. The fourth-order valence-corrected chi connectivity index (χ4v) is 1.41. The van der Waals surface area contributed by atoms with Crippen LogP contribution in [0.4, 0.5) is 4.39 Å². The van der Waals surface area contributed by atoms with Crippen LogP contribution < -0.4 is 10.1 Å². The third-order valence-electron chi connectivity index (χ3n) is 2.23. The zero-order valence-corrected chi connectivity index (χ0v) is 9.43. The second-order valence-electron chi connectivity index (χ2n) is 3.39. The number of ether oxygens (including phenoxy) is 1. The molecule has 0 atom stereocenters. The van der Waals surface area contributed by atoms with Gasteiger partial charge in [0.2, 0.25) is 5.82 Å². The molecule has 88 valence electrons. The zero-order chi connectivity index (χ0) is 12.3. The summed E-state index contributed by atoms with van der Waals surface area (Å²) >= 11 is 0. The summed E-state index contributed by atoms with van der Waals surface area (Å²) in [5.41, 5.74) is 0.433. The molecule has 0 aromatic heterocycles. The van der Waals surface area contributed by atoms with Gasteiger partial charge in [0.05, 0.1) is 19.2 Å². The van der Waals surface area contributed by atoms with Crippen LogP contribution in [0.25, 0.3) is 0 Å². The minimum atomic E-state index is -0.901. The number of halogens is 1. The van der Waals surface area contributed by atoms with Gasteiger partial charge in [0.25, 0.3) is 0 Å². The number of methoxy groups -OCH3 is 1. The standard InChI is InChI=1S/C11H14FNO3/c1-6-4-7(8(14)5-13-2)11(16-3)9(12)10(6)15/h4,13,15H,5H2,1-3H3. The van der Waals surface area contributed by atoms with Crippen LogP contribution in [0.3, 0.4) is 0 Å². The molecule has 0 spiro atoms. The van der Waals surface area contributed by atoms with E-state index in [-0.39, 0.29) is 23.6 Å². The molecule has 0 bridgehead atoms. The quantitative estimate of drug-likeness (QED) is 0.760. The number of ketones is 1. The van der Waals surface area contributed by atoms with Crippen molar-refractivity contribution < 1.29 is 19.0 Å². The molecule has 1 aromatic rings. The maximum Gasteiger partial charge on any atom is 0.207 e. The Morgan fingerprint density at radius 2 is 2.25 bits per heavy atom. The predicted molar refractivity (Wildman–Crippen MR) is 57.6 cm³/mol. The number of nitrogens with one attached hydrogen (secondary N) is 1. The number of Topliss-reactive ketones (excluding diaryl/α,β-unsaturated/α-hetero) is 1. The van der Waals surface area contributed by atoms with Gasteiger partial charge in [-0.1, -0.05) is 0 Å². The molecule has 5 heteroatoms. The number of carbonyl (C=O) groups is 1. The average molecular weight is 227 g/mol. The lowest BCUT2D eigenvalue weighted by Crippen LogP contribution is -2.19. The molecule has 0 radical (unpaired) electrons. The predicted octanol–water partition coefficient (Wildman–Crippen LogP) is 1.25. The molecule has 4 nitrogen and oxygen atoms in total. The van der Waals surface area contributed by atoms with E-state index in [0.29, 0.717) is 5.56 Å². The Labute approximate surface area is 93.0 Å². The summed E-state index contributed by atoms with van der Waals surface area (Å²) in [4.78, 5) is 11.6. The number of hydrogen-bond donors (Lipinski definition) is 2. The summed E-state index contributed by atoms with van der Waals surface area (Å²) in [5, 5.41) is 12.1. The Kier molecular flexibility index (Phi) is 3.84. The van der Waals surface area contributed by atoms with E-state index in [1.807, 2.05) is 0 Å². The number of benzene rings is 1. The third-order valence-corrected chi connectivity index (χ3v) is 2.23. The summed E-state index contributed by atoms with van der Waals surface area (Å²) in [6, 6.07) is 1.41. The van der Waals surface area contributed by atoms with Crippen LogP contribution in [0.2, 0.25) is 0 Å². The van der Waals surface area contributed by atoms with Crippen molar-refractivity contribution in [1.82, 2.24) is 5.32 Å². The van der Waals surface area contributed by atoms with Crippen molar-refractivity contribution in [2.24, 2.45) is 0 Å². The van der Waals surface area contributed by atoms with Gasteiger partial charge in [0.1, 0.15) is 0 Å². The highest BCUT2D eigenvalue weighted by Gasteiger charge is 2.20. The molecule has 0 aliphatic carbocycles. The first kappa shape index (κ1) is 12.4. The smallest absolute Gasteiger partial charge is 0.207 e. The maximum atomic E-state index is 13.6. The normalized spacial score (nSPS) is 10.2. The van der Waals surface area contributed by atoms with Crippen LogP contribution in [0, 0.1) is 12.7 Å². The largest absolute Gasteiger partial charge is 0.505 e. The average Bonchev–Trinajstić information content (AvgIpc) is 2.26. The van der Waals surface area contributed by atoms with Crippen LogP contribution in [0.15, 0.2) is 6.07 Å². The van der Waals surface area contributed by atoms with Crippen molar-refractivity contribution in [3.63, 3.8) is 0 Å². The molecule has 16 heavy (non-hydrogen) atoms. The lowest BCUT2D eigenvalue weighted by atomic mass is 10.0. The Balaban J connectivity index is 3.33. The van der Waals surface area contributed by atoms with Gasteiger partial charge in [0, 0.05) is 0 Å². The number of rotatable bonds is 4. The maximum absolute atomic E-state index is 13.6. The van der Waals surface area contributed by atoms with E-state index in [0.717, 1.165) is 0 Å². The molecular weight excluding hydrogens is 213 g/mol. The molecule has 0 saturated carbocycles. The summed E-state index contributed by atoms with van der Waals surface area (Å²) in [5.74, 6) is -1.90. The summed E-state index contributed by atoms with van der Waals surface area (Å²) in [6.07, 6.45) is 0. The van der Waals surface area contributed by atoms with Crippen LogP contribution in [-0.4, -0.2) is 31.6 Å². The van der Waals surface area contributed by atoms with E-state index in [2.05, 4.69) is 5.32 Å². The number of phenolic OH excluding ortho intramolecular Hbond substituents is 1. The van der Waals surface area contributed by atoms with E-state index in [4.69, 9.17) is 4.74 Å². The number of phenols is 1. The molecule has 0 fully saturated rings. The van der Waals surface area contributed by atoms with Gasteiger partial charge >= 0.3 is 0 Å². The Morgan fingerprint density at radius 3 is 2.75 bits per heavy atom. The van der Waals surface area contributed by atoms with Gasteiger partial charge < -0.3 is 15.2 Å². The molecular formula is C11H14FNO3. The van der Waals surface area contributed by atoms with Crippen molar-refractivity contribution >= 4 is 5.78 Å². The van der Waals surface area contributed by atoms with Crippen molar-refractivity contribution in [2.75, 3.05) is 20.7 Å². The van der Waals surface area contributed by atoms with Gasteiger partial charge in [-0.2, -0.15) is 4.39 Å². The Hall–Kier alpha value is -1.62. The van der Waals surface area contributed by atoms with Crippen molar-refractivity contribution in [3.05, 3.63) is 23.0 Å². The van der Waals surface area contributed by atoms with E-state index < -0.39 is 11.6 Å². The number of aromatic hydroxyl groups is 1.